The van der Waals surface area contributed by atoms with Gasteiger partial charge in [-0.05, 0) is 13.8 Å². The lowest BCUT2D eigenvalue weighted by atomic mass is 10.3. The molecule has 3 N–H and O–H groups in total. The molecule has 1 amide bonds. The Morgan fingerprint density at radius 2 is 2.27 bits per heavy atom. The third kappa shape index (κ3) is 3.56. The molecule has 0 aliphatic rings. The normalized spacial score (nSPS) is 10.0. The van der Waals surface area contributed by atoms with Crippen LogP contribution in [0, 0.1) is 13.8 Å². The van der Waals surface area contributed by atoms with E-state index in [0.29, 0.717) is 22.8 Å². The van der Waals surface area contributed by atoms with Gasteiger partial charge < -0.3 is 11.1 Å². The van der Waals surface area contributed by atoms with Crippen LogP contribution in [0.15, 0.2) is 0 Å². The molecule has 0 bridgehead atoms. The van der Waals surface area contributed by atoms with Crippen molar-refractivity contribution in [1.82, 2.24) is 10.3 Å². The smallest absolute Gasteiger partial charge is 0.263 e. The van der Waals surface area contributed by atoms with Crippen molar-refractivity contribution in [1.29, 1.82) is 0 Å². The Hall–Kier alpha value is -1.01. The van der Waals surface area contributed by atoms with E-state index in [1.54, 1.807) is 0 Å². The highest BCUT2D eigenvalue weighted by Gasteiger charge is 2.12. The fraction of sp³-hybridized carbons (Fsp3) is 0.444. The number of nitrogens with one attached hydrogen (secondary N) is 1. The van der Waals surface area contributed by atoms with E-state index in [4.69, 9.17) is 18.0 Å². The zero-order valence-corrected chi connectivity index (χ0v) is 10.3. The summed E-state index contributed by atoms with van der Waals surface area (Å²) in [7, 11) is 0. The van der Waals surface area contributed by atoms with Crippen LogP contribution >= 0.6 is 23.6 Å². The average Bonchev–Trinajstić information content (AvgIpc) is 2.44. The van der Waals surface area contributed by atoms with Crippen LogP contribution in [0.3, 0.4) is 0 Å². The number of carbonyl (C=O) groups excluding carboxylic acids is 1. The number of rotatable bonds is 4. The van der Waals surface area contributed by atoms with Crippen LogP contribution in [0.4, 0.5) is 0 Å². The largest absolute Gasteiger partial charge is 0.393 e. The van der Waals surface area contributed by atoms with Crippen molar-refractivity contribution >= 4 is 34.5 Å². The van der Waals surface area contributed by atoms with Crippen molar-refractivity contribution in [3.8, 4) is 0 Å². The van der Waals surface area contributed by atoms with E-state index in [-0.39, 0.29) is 5.91 Å². The molecule has 0 spiro atoms. The van der Waals surface area contributed by atoms with Crippen molar-refractivity contribution in [2.75, 3.05) is 6.54 Å². The van der Waals surface area contributed by atoms with Gasteiger partial charge in [-0.25, -0.2) is 4.98 Å². The molecule has 0 aromatic carbocycles. The molecule has 4 nitrogen and oxygen atoms in total. The predicted octanol–water partition coefficient (Wildman–Crippen LogP) is 1.17. The number of thiocarbonyl (C=S) groups is 1. The van der Waals surface area contributed by atoms with Crippen molar-refractivity contribution in [2.45, 2.75) is 20.3 Å². The summed E-state index contributed by atoms with van der Waals surface area (Å²) in [6, 6.07) is 0. The number of aromatic nitrogens is 1. The quantitative estimate of drug-likeness (QED) is 0.779. The molecular weight excluding hydrogens is 230 g/mol. The maximum Gasteiger partial charge on any atom is 0.263 e. The lowest BCUT2D eigenvalue weighted by Gasteiger charge is -2.02. The van der Waals surface area contributed by atoms with Gasteiger partial charge in [0, 0.05) is 13.0 Å². The summed E-state index contributed by atoms with van der Waals surface area (Å²) < 4.78 is 0. The highest BCUT2D eigenvalue weighted by molar-refractivity contribution is 7.80. The number of hydrogen-bond acceptors (Lipinski definition) is 4. The predicted molar refractivity (Wildman–Crippen MR) is 65.3 cm³/mol. The summed E-state index contributed by atoms with van der Waals surface area (Å²) in [6.45, 7) is 4.18. The van der Waals surface area contributed by atoms with Crippen LogP contribution in [0.25, 0.3) is 0 Å². The molecule has 0 aliphatic heterocycles. The minimum absolute atomic E-state index is 0.102. The molecule has 1 aromatic rings. The first-order valence-electron chi connectivity index (χ1n) is 4.51. The Kier molecular flexibility index (Phi) is 4.16. The van der Waals surface area contributed by atoms with Gasteiger partial charge in [-0.15, -0.1) is 11.3 Å². The Labute approximate surface area is 97.9 Å². The van der Waals surface area contributed by atoms with Crippen molar-refractivity contribution in [3.05, 3.63) is 15.6 Å². The summed E-state index contributed by atoms with van der Waals surface area (Å²) in [5, 5.41) is 3.64. The topological polar surface area (TPSA) is 68.0 Å². The van der Waals surface area contributed by atoms with E-state index in [0.717, 1.165) is 10.7 Å². The zero-order chi connectivity index (χ0) is 11.4. The van der Waals surface area contributed by atoms with Crippen LogP contribution < -0.4 is 11.1 Å². The molecule has 0 unspecified atom stereocenters. The fourth-order valence-corrected chi connectivity index (χ4v) is 2.06. The molecule has 1 heterocycles. The van der Waals surface area contributed by atoms with Crippen LogP contribution in [0.1, 0.15) is 26.8 Å². The molecule has 0 atom stereocenters. The van der Waals surface area contributed by atoms with Gasteiger partial charge in [0.05, 0.1) is 15.7 Å². The average molecular weight is 243 g/mol. The van der Waals surface area contributed by atoms with E-state index in [9.17, 15) is 4.79 Å². The maximum absolute atomic E-state index is 11.6. The van der Waals surface area contributed by atoms with Gasteiger partial charge in [-0.3, -0.25) is 4.79 Å². The number of carbonyl (C=O) groups is 1. The lowest BCUT2D eigenvalue weighted by Crippen LogP contribution is -2.27. The van der Waals surface area contributed by atoms with Gasteiger partial charge in [0.15, 0.2) is 0 Å². The van der Waals surface area contributed by atoms with E-state index >= 15 is 0 Å². The number of nitrogens with zero attached hydrogens (tertiary/aromatic N) is 1. The summed E-state index contributed by atoms with van der Waals surface area (Å²) in [5.74, 6) is -0.102. The van der Waals surface area contributed by atoms with Gasteiger partial charge in [-0.2, -0.15) is 0 Å². The van der Waals surface area contributed by atoms with Crippen LogP contribution in [0.5, 0.6) is 0 Å². The maximum atomic E-state index is 11.6. The van der Waals surface area contributed by atoms with Gasteiger partial charge in [0.1, 0.15) is 4.88 Å². The summed E-state index contributed by atoms with van der Waals surface area (Å²) in [4.78, 5) is 16.9. The lowest BCUT2D eigenvalue weighted by molar-refractivity contribution is 0.0958. The Bertz CT molecular complexity index is 387. The zero-order valence-electron chi connectivity index (χ0n) is 8.66. The molecule has 0 fully saturated rings. The molecule has 82 valence electrons. The van der Waals surface area contributed by atoms with E-state index < -0.39 is 0 Å². The molecule has 1 aromatic heterocycles. The highest BCUT2D eigenvalue weighted by Crippen LogP contribution is 2.16. The van der Waals surface area contributed by atoms with E-state index in [1.165, 1.54) is 11.3 Å². The summed E-state index contributed by atoms with van der Waals surface area (Å²) in [6.07, 6.45) is 0.526. The molecule has 0 saturated carbocycles. The minimum Gasteiger partial charge on any atom is -0.393 e. The van der Waals surface area contributed by atoms with Crippen LogP contribution in [0.2, 0.25) is 0 Å². The number of thiazole rings is 1. The van der Waals surface area contributed by atoms with Crippen LogP contribution in [-0.4, -0.2) is 22.4 Å². The van der Waals surface area contributed by atoms with Gasteiger partial charge >= 0.3 is 0 Å². The van der Waals surface area contributed by atoms with E-state index in [1.807, 2.05) is 13.8 Å². The van der Waals surface area contributed by atoms with E-state index in [2.05, 4.69) is 10.3 Å². The Balaban J connectivity index is 2.54. The summed E-state index contributed by atoms with van der Waals surface area (Å²) in [5.41, 5.74) is 6.09. The fourth-order valence-electron chi connectivity index (χ4n) is 1.12. The molecule has 15 heavy (non-hydrogen) atoms. The molecule has 0 saturated heterocycles. The molecule has 0 radical (unpaired) electrons. The van der Waals surface area contributed by atoms with Gasteiger partial charge in [-0.1, -0.05) is 12.2 Å². The van der Waals surface area contributed by atoms with Crippen molar-refractivity contribution in [2.24, 2.45) is 5.73 Å². The second-order valence-corrected chi connectivity index (χ2v) is 4.85. The Morgan fingerprint density at radius 3 is 2.73 bits per heavy atom. The monoisotopic (exact) mass is 243 g/mol. The summed E-state index contributed by atoms with van der Waals surface area (Å²) >= 11 is 6.10. The number of aryl methyl sites for hydroxylation is 2. The molecule has 1 rings (SSSR count). The first-order chi connectivity index (χ1) is 7.00. The first-order valence-corrected chi connectivity index (χ1v) is 5.73. The van der Waals surface area contributed by atoms with Gasteiger partial charge in [0.2, 0.25) is 0 Å². The highest BCUT2D eigenvalue weighted by atomic mass is 32.1. The van der Waals surface area contributed by atoms with Crippen molar-refractivity contribution < 1.29 is 4.79 Å². The number of amides is 1. The van der Waals surface area contributed by atoms with Gasteiger partial charge in [0.25, 0.3) is 5.91 Å². The number of nitrogens with two attached hydrogens (primary N) is 1. The molecular formula is C9H13N3OS2. The van der Waals surface area contributed by atoms with Crippen molar-refractivity contribution in [3.63, 3.8) is 0 Å². The standard InChI is InChI=1S/C9H13N3OS2/c1-5-8(15-6(2)12-5)9(13)11-4-3-7(10)14/h3-4H2,1-2H3,(H2,10,14)(H,11,13). The second-order valence-electron chi connectivity index (χ2n) is 3.12. The second kappa shape index (κ2) is 5.18. The van der Waals surface area contributed by atoms with Crippen LogP contribution in [-0.2, 0) is 0 Å². The molecule has 0 aliphatic carbocycles. The molecule has 6 heteroatoms. The number of hydrogen-bond donors (Lipinski definition) is 2. The first kappa shape index (κ1) is 12.1. The third-order valence-electron chi connectivity index (χ3n) is 1.77. The minimum atomic E-state index is -0.102. The third-order valence-corrected chi connectivity index (χ3v) is 3.04. The Morgan fingerprint density at radius 1 is 1.60 bits per heavy atom. The SMILES string of the molecule is Cc1nc(C)c(C(=O)NCCC(N)=S)s1.